The lowest BCUT2D eigenvalue weighted by Crippen LogP contribution is -1.84. The molecule has 1 nitrogen and oxygen atoms in total. The molecule has 47 valence electrons. The van der Waals surface area contributed by atoms with E-state index in [-0.39, 0.29) is 0 Å². The van der Waals surface area contributed by atoms with Crippen molar-refractivity contribution in [3.63, 3.8) is 0 Å². The lowest BCUT2D eigenvalue weighted by atomic mass is 10.2. The highest BCUT2D eigenvalue weighted by Crippen LogP contribution is 1.97. The number of rotatable bonds is 1. The van der Waals surface area contributed by atoms with Gasteiger partial charge in [0.25, 0.3) is 0 Å². The zero-order valence-corrected chi connectivity index (χ0v) is 5.59. The van der Waals surface area contributed by atoms with Crippen molar-refractivity contribution in [3.05, 3.63) is 36.5 Å². The molecule has 1 radical (unpaired) electrons. The van der Waals surface area contributed by atoms with Gasteiger partial charge < -0.3 is 0 Å². The standard InChI is InChI=1S/C8H10N/c1-3-8-5-4-7(2)6-9-8/h4-6H,2-3H2,1H3. The van der Waals surface area contributed by atoms with Gasteiger partial charge in [-0.2, -0.15) is 0 Å². The fourth-order valence-electron chi connectivity index (χ4n) is 0.664. The lowest BCUT2D eigenvalue weighted by molar-refractivity contribution is 1.03. The minimum atomic E-state index is 0.979. The van der Waals surface area contributed by atoms with Crippen LogP contribution in [-0.2, 0) is 6.42 Å². The largest absolute Gasteiger partial charge is 0.261 e. The Morgan fingerprint density at radius 2 is 2.33 bits per heavy atom. The van der Waals surface area contributed by atoms with Crippen LogP contribution in [0.15, 0.2) is 18.3 Å². The molecule has 0 unspecified atom stereocenters. The first-order chi connectivity index (χ1) is 4.33. The molecule has 0 saturated heterocycles. The summed E-state index contributed by atoms with van der Waals surface area (Å²) in [5.41, 5.74) is 2.11. The third-order valence-corrected chi connectivity index (χ3v) is 1.25. The van der Waals surface area contributed by atoms with Crippen molar-refractivity contribution >= 4 is 0 Å². The van der Waals surface area contributed by atoms with Crippen LogP contribution in [0.2, 0.25) is 0 Å². The summed E-state index contributed by atoms with van der Waals surface area (Å²) in [4.78, 5) is 4.13. The molecule has 0 aliphatic heterocycles. The highest BCUT2D eigenvalue weighted by atomic mass is 14.7. The number of aromatic nitrogens is 1. The smallest absolute Gasteiger partial charge is 0.0401 e. The van der Waals surface area contributed by atoms with Gasteiger partial charge in [-0.05, 0) is 25.0 Å². The maximum absolute atomic E-state index is 4.13. The summed E-state index contributed by atoms with van der Waals surface area (Å²) in [5.74, 6) is 0. The van der Waals surface area contributed by atoms with Gasteiger partial charge in [0.2, 0.25) is 0 Å². The van der Waals surface area contributed by atoms with Gasteiger partial charge in [0.15, 0.2) is 0 Å². The highest BCUT2D eigenvalue weighted by Gasteiger charge is 1.86. The fourth-order valence-corrected chi connectivity index (χ4v) is 0.664. The molecule has 1 aromatic heterocycles. The van der Waals surface area contributed by atoms with Crippen LogP contribution in [0.5, 0.6) is 0 Å². The minimum absolute atomic E-state index is 0.979. The first kappa shape index (κ1) is 6.27. The third-order valence-electron chi connectivity index (χ3n) is 1.25. The molecule has 0 fully saturated rings. The van der Waals surface area contributed by atoms with Gasteiger partial charge in [0, 0.05) is 11.9 Å². The maximum Gasteiger partial charge on any atom is 0.0401 e. The quantitative estimate of drug-likeness (QED) is 0.551. The van der Waals surface area contributed by atoms with E-state index in [0.29, 0.717) is 0 Å². The Hall–Kier alpha value is -0.850. The topological polar surface area (TPSA) is 12.9 Å². The van der Waals surface area contributed by atoms with E-state index in [4.69, 9.17) is 0 Å². The van der Waals surface area contributed by atoms with E-state index >= 15 is 0 Å². The Labute approximate surface area is 55.7 Å². The van der Waals surface area contributed by atoms with Crippen LogP contribution in [0.25, 0.3) is 0 Å². The Balaban J connectivity index is 2.88. The molecule has 0 aliphatic carbocycles. The minimum Gasteiger partial charge on any atom is -0.261 e. The average Bonchev–Trinajstić information content (AvgIpc) is 1.90. The Kier molecular flexibility index (Phi) is 1.83. The molecule has 0 atom stereocenters. The molecule has 0 spiro atoms. The molecule has 0 saturated carbocycles. The second-order valence-corrected chi connectivity index (χ2v) is 2.01. The lowest BCUT2D eigenvalue weighted by Gasteiger charge is -1.93. The van der Waals surface area contributed by atoms with E-state index < -0.39 is 0 Å². The van der Waals surface area contributed by atoms with Crippen molar-refractivity contribution in [2.24, 2.45) is 0 Å². The Morgan fingerprint density at radius 1 is 1.56 bits per heavy atom. The fraction of sp³-hybridized carbons (Fsp3) is 0.250. The molecule has 0 N–H and O–H groups in total. The molecule has 0 bridgehead atoms. The second kappa shape index (κ2) is 2.62. The van der Waals surface area contributed by atoms with Crippen molar-refractivity contribution in [1.29, 1.82) is 0 Å². The summed E-state index contributed by atoms with van der Waals surface area (Å²) in [6.45, 7) is 5.82. The molecule has 0 aliphatic rings. The zero-order chi connectivity index (χ0) is 6.69. The van der Waals surface area contributed by atoms with Crippen molar-refractivity contribution in [1.82, 2.24) is 4.98 Å². The maximum atomic E-state index is 4.13. The van der Waals surface area contributed by atoms with Crippen LogP contribution in [0.1, 0.15) is 18.2 Å². The number of aryl methyl sites for hydroxylation is 1. The molecule has 1 rings (SSSR count). The van der Waals surface area contributed by atoms with Crippen LogP contribution < -0.4 is 0 Å². The normalized spacial score (nSPS) is 9.56. The van der Waals surface area contributed by atoms with Gasteiger partial charge in [0.05, 0.1) is 0 Å². The van der Waals surface area contributed by atoms with E-state index in [1.807, 2.05) is 12.1 Å². The van der Waals surface area contributed by atoms with Crippen LogP contribution in [0.3, 0.4) is 0 Å². The predicted octanol–water partition coefficient (Wildman–Crippen LogP) is 1.83. The van der Waals surface area contributed by atoms with Crippen LogP contribution in [0.4, 0.5) is 0 Å². The van der Waals surface area contributed by atoms with Crippen LogP contribution in [0, 0.1) is 6.92 Å². The van der Waals surface area contributed by atoms with Gasteiger partial charge >= 0.3 is 0 Å². The first-order valence-electron chi connectivity index (χ1n) is 3.10. The second-order valence-electron chi connectivity index (χ2n) is 2.01. The number of pyridine rings is 1. The Bertz CT molecular complexity index is 176. The highest BCUT2D eigenvalue weighted by molar-refractivity contribution is 5.15. The predicted molar refractivity (Wildman–Crippen MR) is 38.1 cm³/mol. The van der Waals surface area contributed by atoms with Crippen molar-refractivity contribution in [2.45, 2.75) is 13.3 Å². The monoisotopic (exact) mass is 120 g/mol. The SMILES string of the molecule is [CH2]c1ccc(CC)nc1. The molecule has 0 amide bonds. The molecule has 1 aromatic rings. The molecule has 9 heavy (non-hydrogen) atoms. The van der Waals surface area contributed by atoms with Crippen molar-refractivity contribution in [2.75, 3.05) is 0 Å². The summed E-state index contributed by atoms with van der Waals surface area (Å²) in [5, 5.41) is 0. The van der Waals surface area contributed by atoms with Gasteiger partial charge in [0.1, 0.15) is 0 Å². The van der Waals surface area contributed by atoms with Gasteiger partial charge in [-0.15, -0.1) is 0 Å². The van der Waals surface area contributed by atoms with Gasteiger partial charge in [-0.3, -0.25) is 4.98 Å². The number of hydrogen-bond donors (Lipinski definition) is 0. The molecule has 1 heteroatoms. The summed E-state index contributed by atoms with van der Waals surface area (Å²) < 4.78 is 0. The molecular weight excluding hydrogens is 110 g/mol. The molecule has 0 aromatic carbocycles. The van der Waals surface area contributed by atoms with E-state index in [0.717, 1.165) is 17.7 Å². The molecule has 1 heterocycles. The van der Waals surface area contributed by atoms with Crippen molar-refractivity contribution in [3.8, 4) is 0 Å². The summed E-state index contributed by atoms with van der Waals surface area (Å²) in [6.07, 6.45) is 2.79. The first-order valence-corrected chi connectivity index (χ1v) is 3.10. The number of hydrogen-bond acceptors (Lipinski definition) is 1. The van der Waals surface area contributed by atoms with E-state index in [1.54, 1.807) is 6.20 Å². The summed E-state index contributed by atoms with van der Waals surface area (Å²) in [6, 6.07) is 3.98. The third kappa shape index (κ3) is 1.53. The van der Waals surface area contributed by atoms with Gasteiger partial charge in [-0.25, -0.2) is 0 Å². The number of nitrogens with zero attached hydrogens (tertiary/aromatic N) is 1. The van der Waals surface area contributed by atoms with Crippen molar-refractivity contribution < 1.29 is 0 Å². The molecular formula is C8H10N. The van der Waals surface area contributed by atoms with E-state index in [2.05, 4.69) is 18.8 Å². The van der Waals surface area contributed by atoms with Crippen LogP contribution in [-0.4, -0.2) is 4.98 Å². The van der Waals surface area contributed by atoms with E-state index in [1.165, 1.54) is 0 Å². The summed E-state index contributed by atoms with van der Waals surface area (Å²) >= 11 is 0. The van der Waals surface area contributed by atoms with Crippen LogP contribution >= 0.6 is 0 Å². The van der Waals surface area contributed by atoms with Gasteiger partial charge in [-0.1, -0.05) is 13.0 Å². The van der Waals surface area contributed by atoms with E-state index in [9.17, 15) is 0 Å². The summed E-state index contributed by atoms with van der Waals surface area (Å²) in [7, 11) is 0. The zero-order valence-electron chi connectivity index (χ0n) is 5.59. The Morgan fingerprint density at radius 3 is 2.78 bits per heavy atom. The average molecular weight is 120 g/mol.